The zero-order valence-electron chi connectivity index (χ0n) is 17.8. The molecule has 0 fully saturated rings. The monoisotopic (exact) mass is 497 g/mol. The quantitative estimate of drug-likeness (QED) is 0.242. The highest BCUT2D eigenvalue weighted by Gasteiger charge is 2.42. The summed E-state index contributed by atoms with van der Waals surface area (Å²) >= 11 is 3.63. The summed E-state index contributed by atoms with van der Waals surface area (Å²) in [5.41, 5.74) is 3.75. The average Bonchev–Trinajstić information content (AvgIpc) is 3.26. The van der Waals surface area contributed by atoms with Crippen molar-refractivity contribution >= 4 is 32.8 Å². The number of halogens is 1. The minimum atomic E-state index is -0.821. The first kappa shape index (κ1) is 21.1. The molecule has 33 heavy (non-hydrogen) atoms. The molecule has 0 atom stereocenters. The third kappa shape index (κ3) is 3.43. The number of carbonyl (C=O) groups excluding carboxylic acids is 1. The van der Waals surface area contributed by atoms with Crippen LogP contribution >= 0.6 is 15.9 Å². The van der Waals surface area contributed by atoms with Crippen LogP contribution in [0, 0.1) is 0 Å². The summed E-state index contributed by atoms with van der Waals surface area (Å²) in [6.45, 7) is 0. The molecule has 5 aromatic rings. The molecule has 2 aromatic heterocycles. The number of fused-ring (bicyclic) bond motifs is 1. The lowest BCUT2D eigenvalue weighted by Crippen LogP contribution is -2.33. The van der Waals surface area contributed by atoms with Crippen LogP contribution in [0.5, 0.6) is 0 Å². The fraction of sp³-hybridized carbons (Fsp3) is 0.0741. The third-order valence-corrected chi connectivity index (χ3v) is 6.44. The van der Waals surface area contributed by atoms with Crippen molar-refractivity contribution in [2.75, 3.05) is 7.11 Å². The molecule has 0 aliphatic rings. The Bertz CT molecular complexity index is 1320. The predicted molar refractivity (Wildman–Crippen MR) is 131 cm³/mol. The molecule has 2 heterocycles. The number of aromatic nitrogens is 3. The van der Waals surface area contributed by atoms with Crippen LogP contribution in [0.4, 0.5) is 0 Å². The summed E-state index contributed by atoms with van der Waals surface area (Å²) in [7, 11) is 1.35. The Morgan fingerprint density at radius 3 is 1.79 bits per heavy atom. The maximum absolute atomic E-state index is 12.6. The minimum Gasteiger partial charge on any atom is -0.464 e. The number of ether oxygens (including phenoxy) is 1. The number of rotatable bonds is 5. The molecule has 0 saturated carbocycles. The molecule has 0 amide bonds. The Kier molecular flexibility index (Phi) is 5.52. The predicted octanol–water partition coefficient (Wildman–Crippen LogP) is 5.89. The van der Waals surface area contributed by atoms with Gasteiger partial charge in [-0.1, -0.05) is 91.0 Å². The molecule has 3 aromatic carbocycles. The van der Waals surface area contributed by atoms with Gasteiger partial charge in [-0.15, -0.1) is 0 Å². The second kappa shape index (κ2) is 8.64. The minimum absolute atomic E-state index is 0.200. The Balaban J connectivity index is 2.02. The standard InChI is InChI=1S/C27H20BrN3O2/c1-33-26(32)22-17-21-23(25(28)31-30-21)24(29-22)27(18-11-5-2-6-12-18,19-13-7-3-8-14-19)20-15-9-4-10-16-20/h2-17H,1H3,(H,30,31). The van der Waals surface area contributed by atoms with Gasteiger partial charge < -0.3 is 4.74 Å². The first-order valence-corrected chi connectivity index (χ1v) is 11.3. The van der Waals surface area contributed by atoms with Crippen molar-refractivity contribution in [3.05, 3.63) is 130 Å². The van der Waals surface area contributed by atoms with E-state index in [2.05, 4.69) is 62.5 Å². The lowest BCUT2D eigenvalue weighted by Gasteiger charge is -2.36. The molecule has 0 bridgehead atoms. The summed E-state index contributed by atoms with van der Waals surface area (Å²) in [5, 5.41) is 8.24. The highest BCUT2D eigenvalue weighted by Crippen LogP contribution is 2.47. The topological polar surface area (TPSA) is 67.9 Å². The zero-order valence-corrected chi connectivity index (χ0v) is 19.4. The lowest BCUT2D eigenvalue weighted by molar-refractivity contribution is 0.0594. The van der Waals surface area contributed by atoms with E-state index >= 15 is 0 Å². The van der Waals surface area contributed by atoms with Gasteiger partial charge in [-0.3, -0.25) is 5.10 Å². The molecule has 5 nitrogen and oxygen atoms in total. The van der Waals surface area contributed by atoms with Crippen LogP contribution in [0.3, 0.4) is 0 Å². The van der Waals surface area contributed by atoms with Crippen molar-refractivity contribution < 1.29 is 9.53 Å². The molecular weight excluding hydrogens is 478 g/mol. The van der Waals surface area contributed by atoms with Crippen LogP contribution in [0.15, 0.2) is 102 Å². The lowest BCUT2D eigenvalue weighted by atomic mass is 9.66. The fourth-order valence-corrected chi connectivity index (χ4v) is 4.94. The summed E-state index contributed by atoms with van der Waals surface area (Å²) in [5.74, 6) is -0.514. The molecule has 0 radical (unpaired) electrons. The molecule has 0 unspecified atom stereocenters. The number of nitrogens with one attached hydrogen (secondary N) is 1. The maximum Gasteiger partial charge on any atom is 0.356 e. The Hall–Kier alpha value is -3.77. The fourth-order valence-electron chi connectivity index (χ4n) is 4.46. The molecule has 0 saturated heterocycles. The molecule has 6 heteroatoms. The number of hydrogen-bond acceptors (Lipinski definition) is 4. The number of benzene rings is 3. The second-order valence-corrected chi connectivity index (χ2v) is 8.42. The van der Waals surface area contributed by atoms with Crippen LogP contribution in [-0.2, 0) is 10.2 Å². The number of esters is 1. The van der Waals surface area contributed by atoms with Crippen molar-refractivity contribution in [1.29, 1.82) is 0 Å². The summed E-state index contributed by atoms with van der Waals surface area (Å²) < 4.78 is 5.72. The number of pyridine rings is 1. The number of methoxy groups -OCH3 is 1. The SMILES string of the molecule is COC(=O)c1cc2n[nH]c(Br)c2c(C(c2ccccc2)(c2ccccc2)c2ccccc2)n1. The van der Waals surface area contributed by atoms with E-state index in [0.717, 1.165) is 22.1 Å². The number of H-pyrrole nitrogens is 1. The molecule has 0 aliphatic heterocycles. The largest absolute Gasteiger partial charge is 0.464 e. The van der Waals surface area contributed by atoms with E-state index in [4.69, 9.17) is 9.72 Å². The first-order chi connectivity index (χ1) is 16.2. The van der Waals surface area contributed by atoms with Crippen molar-refractivity contribution in [2.45, 2.75) is 5.41 Å². The smallest absolute Gasteiger partial charge is 0.356 e. The molecule has 5 rings (SSSR count). The summed E-state index contributed by atoms with van der Waals surface area (Å²) in [6, 6.07) is 32.3. The summed E-state index contributed by atoms with van der Waals surface area (Å²) in [6.07, 6.45) is 0. The van der Waals surface area contributed by atoms with E-state index in [1.165, 1.54) is 7.11 Å². The van der Waals surface area contributed by atoms with Crippen molar-refractivity contribution in [2.24, 2.45) is 0 Å². The van der Waals surface area contributed by atoms with Gasteiger partial charge in [0.2, 0.25) is 0 Å². The van der Waals surface area contributed by atoms with E-state index < -0.39 is 11.4 Å². The van der Waals surface area contributed by atoms with Crippen LogP contribution in [0.1, 0.15) is 32.9 Å². The van der Waals surface area contributed by atoms with Gasteiger partial charge in [0, 0.05) is 0 Å². The van der Waals surface area contributed by atoms with Gasteiger partial charge in [-0.25, -0.2) is 9.78 Å². The van der Waals surface area contributed by atoms with Crippen LogP contribution in [0.2, 0.25) is 0 Å². The van der Waals surface area contributed by atoms with E-state index in [9.17, 15) is 4.79 Å². The van der Waals surface area contributed by atoms with E-state index in [1.807, 2.05) is 54.6 Å². The molecule has 162 valence electrons. The van der Waals surface area contributed by atoms with Crippen LogP contribution < -0.4 is 0 Å². The van der Waals surface area contributed by atoms with Crippen LogP contribution in [-0.4, -0.2) is 28.3 Å². The Morgan fingerprint density at radius 1 is 0.848 bits per heavy atom. The molecule has 0 spiro atoms. The van der Waals surface area contributed by atoms with Gasteiger partial charge in [-0.05, 0) is 38.7 Å². The Labute approximate surface area is 199 Å². The molecule has 1 N–H and O–H groups in total. The molecular formula is C27H20BrN3O2. The number of carbonyl (C=O) groups is 1. The first-order valence-electron chi connectivity index (χ1n) is 10.5. The summed E-state index contributed by atoms with van der Waals surface area (Å²) in [4.78, 5) is 17.6. The Morgan fingerprint density at radius 2 is 1.33 bits per heavy atom. The van der Waals surface area contributed by atoms with Crippen molar-refractivity contribution in [1.82, 2.24) is 15.2 Å². The average molecular weight is 498 g/mol. The maximum atomic E-state index is 12.6. The van der Waals surface area contributed by atoms with Crippen molar-refractivity contribution in [3.63, 3.8) is 0 Å². The van der Waals surface area contributed by atoms with Gasteiger partial charge in [0.15, 0.2) is 5.69 Å². The normalized spacial score (nSPS) is 11.5. The van der Waals surface area contributed by atoms with E-state index in [1.54, 1.807) is 6.07 Å². The molecule has 0 aliphatic carbocycles. The number of nitrogens with zero attached hydrogens (tertiary/aromatic N) is 2. The van der Waals surface area contributed by atoms with Crippen LogP contribution in [0.25, 0.3) is 10.9 Å². The van der Waals surface area contributed by atoms with Gasteiger partial charge in [0.25, 0.3) is 0 Å². The highest BCUT2D eigenvalue weighted by molar-refractivity contribution is 9.10. The van der Waals surface area contributed by atoms with Gasteiger partial charge in [0.05, 0.1) is 29.1 Å². The van der Waals surface area contributed by atoms with E-state index in [-0.39, 0.29) is 5.69 Å². The van der Waals surface area contributed by atoms with E-state index in [0.29, 0.717) is 15.8 Å². The highest BCUT2D eigenvalue weighted by atomic mass is 79.9. The van der Waals surface area contributed by atoms with Gasteiger partial charge in [0.1, 0.15) is 4.60 Å². The zero-order chi connectivity index (χ0) is 22.8. The van der Waals surface area contributed by atoms with Gasteiger partial charge >= 0.3 is 5.97 Å². The van der Waals surface area contributed by atoms with Gasteiger partial charge in [-0.2, -0.15) is 5.10 Å². The van der Waals surface area contributed by atoms with Crippen molar-refractivity contribution in [3.8, 4) is 0 Å². The number of hydrogen-bond donors (Lipinski definition) is 1. The second-order valence-electron chi connectivity index (χ2n) is 7.63. The third-order valence-electron chi connectivity index (χ3n) is 5.86. The number of aromatic amines is 1.